The zero-order valence-corrected chi connectivity index (χ0v) is 9.53. The van der Waals surface area contributed by atoms with E-state index in [1.165, 1.54) is 6.08 Å². The van der Waals surface area contributed by atoms with Crippen molar-refractivity contribution < 1.29 is 14.3 Å². The van der Waals surface area contributed by atoms with Gasteiger partial charge in [0.05, 0.1) is 19.3 Å². The minimum atomic E-state index is -0.383. The summed E-state index contributed by atoms with van der Waals surface area (Å²) in [6.07, 6.45) is 8.62. The van der Waals surface area contributed by atoms with Crippen LogP contribution in [-0.4, -0.2) is 19.2 Å². The van der Waals surface area contributed by atoms with E-state index in [1.807, 2.05) is 26.0 Å². The standard InChI is InChI=1S/C12H18O3/c1-4-7-8-9-11(14-5-2)10-12(13)15-6-3/h4,7-10H,5-6H2,1-3H3. The van der Waals surface area contributed by atoms with Crippen molar-refractivity contribution in [2.24, 2.45) is 0 Å². The predicted molar refractivity (Wildman–Crippen MR) is 60.3 cm³/mol. The zero-order chi connectivity index (χ0) is 11.5. The summed E-state index contributed by atoms with van der Waals surface area (Å²) in [5.41, 5.74) is 0. The van der Waals surface area contributed by atoms with E-state index >= 15 is 0 Å². The Morgan fingerprint density at radius 3 is 2.33 bits per heavy atom. The second-order valence-electron chi connectivity index (χ2n) is 2.62. The van der Waals surface area contributed by atoms with Crippen LogP contribution in [0.1, 0.15) is 20.8 Å². The quantitative estimate of drug-likeness (QED) is 0.292. The Morgan fingerprint density at radius 1 is 1.13 bits per heavy atom. The van der Waals surface area contributed by atoms with Crippen molar-refractivity contribution in [3.05, 3.63) is 36.1 Å². The van der Waals surface area contributed by atoms with E-state index in [2.05, 4.69) is 0 Å². The van der Waals surface area contributed by atoms with Crippen molar-refractivity contribution in [1.82, 2.24) is 0 Å². The highest BCUT2D eigenvalue weighted by Crippen LogP contribution is 2.01. The molecule has 0 aliphatic heterocycles. The van der Waals surface area contributed by atoms with Gasteiger partial charge in [0.1, 0.15) is 5.76 Å². The molecule has 0 atom stereocenters. The topological polar surface area (TPSA) is 35.5 Å². The van der Waals surface area contributed by atoms with Crippen molar-refractivity contribution in [3.8, 4) is 0 Å². The van der Waals surface area contributed by atoms with Crippen LogP contribution in [0.15, 0.2) is 36.1 Å². The molecule has 0 rings (SSSR count). The molecule has 0 aromatic carbocycles. The monoisotopic (exact) mass is 210 g/mol. The van der Waals surface area contributed by atoms with Gasteiger partial charge in [-0.25, -0.2) is 4.79 Å². The number of carbonyl (C=O) groups excluding carboxylic acids is 1. The largest absolute Gasteiger partial charge is 0.494 e. The normalized spacial score (nSPS) is 12.3. The van der Waals surface area contributed by atoms with Crippen LogP contribution < -0.4 is 0 Å². The molecule has 0 saturated carbocycles. The van der Waals surface area contributed by atoms with Crippen LogP contribution in [-0.2, 0) is 14.3 Å². The molecule has 0 aromatic rings. The van der Waals surface area contributed by atoms with E-state index in [-0.39, 0.29) is 5.97 Å². The van der Waals surface area contributed by atoms with Crippen molar-refractivity contribution in [2.75, 3.05) is 13.2 Å². The third-order valence-corrected chi connectivity index (χ3v) is 1.42. The Morgan fingerprint density at radius 2 is 1.80 bits per heavy atom. The summed E-state index contributed by atoms with van der Waals surface area (Å²) >= 11 is 0. The van der Waals surface area contributed by atoms with Gasteiger partial charge in [0.25, 0.3) is 0 Å². The first-order valence-electron chi connectivity index (χ1n) is 5.05. The van der Waals surface area contributed by atoms with Crippen LogP contribution in [0.5, 0.6) is 0 Å². The Kier molecular flexibility index (Phi) is 8.15. The van der Waals surface area contributed by atoms with Crippen LogP contribution in [0.25, 0.3) is 0 Å². The first-order valence-corrected chi connectivity index (χ1v) is 5.05. The molecule has 0 saturated heterocycles. The van der Waals surface area contributed by atoms with Crippen molar-refractivity contribution in [2.45, 2.75) is 20.8 Å². The molecular weight excluding hydrogens is 192 g/mol. The lowest BCUT2D eigenvalue weighted by Crippen LogP contribution is -2.02. The van der Waals surface area contributed by atoms with Gasteiger partial charge in [0, 0.05) is 0 Å². The fourth-order valence-electron chi connectivity index (χ4n) is 0.866. The Bertz CT molecular complexity index is 262. The molecule has 0 unspecified atom stereocenters. The van der Waals surface area contributed by atoms with Gasteiger partial charge in [-0.3, -0.25) is 0 Å². The Hall–Kier alpha value is -1.51. The number of carbonyl (C=O) groups is 1. The molecule has 0 aliphatic rings. The number of rotatable bonds is 6. The van der Waals surface area contributed by atoms with Gasteiger partial charge in [-0.1, -0.05) is 18.2 Å². The van der Waals surface area contributed by atoms with Gasteiger partial charge in [-0.2, -0.15) is 0 Å². The van der Waals surface area contributed by atoms with Crippen LogP contribution in [0, 0.1) is 0 Å². The van der Waals surface area contributed by atoms with Gasteiger partial charge >= 0.3 is 5.97 Å². The predicted octanol–water partition coefficient (Wildman–Crippen LogP) is 2.60. The number of ether oxygens (including phenoxy) is 2. The molecule has 0 fully saturated rings. The summed E-state index contributed by atoms with van der Waals surface area (Å²) in [6, 6.07) is 0. The first-order chi connectivity index (χ1) is 7.24. The highest BCUT2D eigenvalue weighted by molar-refractivity contribution is 5.82. The maximum absolute atomic E-state index is 11.1. The third-order valence-electron chi connectivity index (χ3n) is 1.42. The molecule has 0 amide bonds. The summed E-state index contributed by atoms with van der Waals surface area (Å²) < 4.78 is 10.0. The molecule has 15 heavy (non-hydrogen) atoms. The highest BCUT2D eigenvalue weighted by Gasteiger charge is 1.99. The van der Waals surface area contributed by atoms with Crippen molar-refractivity contribution in [1.29, 1.82) is 0 Å². The zero-order valence-electron chi connectivity index (χ0n) is 9.53. The van der Waals surface area contributed by atoms with Crippen LogP contribution in [0.4, 0.5) is 0 Å². The lowest BCUT2D eigenvalue weighted by atomic mass is 10.3. The molecule has 0 bridgehead atoms. The third kappa shape index (κ3) is 7.55. The van der Waals surface area contributed by atoms with Crippen molar-refractivity contribution in [3.63, 3.8) is 0 Å². The maximum atomic E-state index is 11.1. The molecule has 3 nitrogen and oxygen atoms in total. The summed E-state index contributed by atoms with van der Waals surface area (Å²) in [6.45, 7) is 6.43. The molecule has 84 valence electrons. The second-order valence-corrected chi connectivity index (χ2v) is 2.62. The Labute approximate surface area is 91.1 Å². The van der Waals surface area contributed by atoms with Crippen LogP contribution >= 0.6 is 0 Å². The number of hydrogen-bond acceptors (Lipinski definition) is 3. The molecule has 0 N–H and O–H groups in total. The summed E-state index contributed by atoms with van der Waals surface area (Å²) in [5.74, 6) is 0.125. The lowest BCUT2D eigenvalue weighted by Gasteiger charge is -2.03. The van der Waals surface area contributed by atoms with E-state index in [1.54, 1.807) is 19.1 Å². The molecule has 0 heterocycles. The number of esters is 1. The van der Waals surface area contributed by atoms with E-state index in [0.29, 0.717) is 19.0 Å². The molecule has 0 radical (unpaired) electrons. The van der Waals surface area contributed by atoms with Gasteiger partial charge in [-0.15, -0.1) is 0 Å². The average molecular weight is 210 g/mol. The molecule has 0 aliphatic carbocycles. The highest BCUT2D eigenvalue weighted by atomic mass is 16.5. The summed E-state index contributed by atoms with van der Waals surface area (Å²) in [7, 11) is 0. The smallest absolute Gasteiger partial charge is 0.334 e. The van der Waals surface area contributed by atoms with E-state index < -0.39 is 0 Å². The molecule has 0 aromatic heterocycles. The molecular formula is C12H18O3. The van der Waals surface area contributed by atoms with Crippen molar-refractivity contribution >= 4 is 5.97 Å². The summed E-state index contributed by atoms with van der Waals surface area (Å²) in [5, 5.41) is 0. The Balaban J connectivity index is 4.42. The minimum absolute atomic E-state index is 0.368. The fraction of sp³-hybridized carbons (Fsp3) is 0.417. The van der Waals surface area contributed by atoms with E-state index in [9.17, 15) is 4.79 Å². The van der Waals surface area contributed by atoms with Gasteiger partial charge in [-0.05, 0) is 26.8 Å². The van der Waals surface area contributed by atoms with Crippen LogP contribution in [0.2, 0.25) is 0 Å². The number of allylic oxidation sites excluding steroid dienone is 4. The average Bonchev–Trinajstić information content (AvgIpc) is 2.18. The van der Waals surface area contributed by atoms with Gasteiger partial charge in [0.2, 0.25) is 0 Å². The van der Waals surface area contributed by atoms with E-state index in [0.717, 1.165) is 0 Å². The maximum Gasteiger partial charge on any atom is 0.334 e. The van der Waals surface area contributed by atoms with Gasteiger partial charge < -0.3 is 9.47 Å². The summed E-state index contributed by atoms with van der Waals surface area (Å²) in [4.78, 5) is 11.1. The fourth-order valence-corrected chi connectivity index (χ4v) is 0.866. The minimum Gasteiger partial charge on any atom is -0.494 e. The number of hydrogen-bond donors (Lipinski definition) is 0. The second kappa shape index (κ2) is 9.06. The SMILES string of the molecule is CC=CC=CC(=CC(=O)OCC)OCC. The lowest BCUT2D eigenvalue weighted by molar-refractivity contribution is -0.137. The molecule has 0 spiro atoms. The van der Waals surface area contributed by atoms with Crippen LogP contribution in [0.3, 0.4) is 0 Å². The van der Waals surface area contributed by atoms with Gasteiger partial charge in [0.15, 0.2) is 0 Å². The molecule has 3 heteroatoms. The van der Waals surface area contributed by atoms with E-state index in [4.69, 9.17) is 9.47 Å². The first kappa shape index (κ1) is 13.5.